The fourth-order valence-electron chi connectivity index (χ4n) is 2.09. The number of halogens is 4. The number of aliphatic hydroxyl groups is 1. The van der Waals surface area contributed by atoms with Gasteiger partial charge in [-0.3, -0.25) is 0 Å². The van der Waals surface area contributed by atoms with E-state index >= 15 is 0 Å². The molecule has 1 aromatic rings. The second-order valence-electron chi connectivity index (χ2n) is 4.76. The second kappa shape index (κ2) is 8.31. The predicted octanol–water partition coefficient (Wildman–Crippen LogP) is 2.60. The Morgan fingerprint density at radius 1 is 1.19 bits per heavy atom. The van der Waals surface area contributed by atoms with Crippen LogP contribution >= 0.6 is 0 Å². The maximum Gasteiger partial charge on any atom is 0.416 e. The van der Waals surface area contributed by atoms with E-state index in [4.69, 9.17) is 10.8 Å². The molecule has 0 spiro atoms. The number of unbranched alkanes of at least 4 members (excludes halogenated alkanes) is 2. The van der Waals surface area contributed by atoms with Crippen molar-refractivity contribution in [1.29, 1.82) is 0 Å². The maximum atomic E-state index is 13.1. The number of rotatable bonds is 8. The van der Waals surface area contributed by atoms with Crippen molar-refractivity contribution in [3.05, 3.63) is 35.1 Å². The van der Waals surface area contributed by atoms with E-state index in [9.17, 15) is 17.6 Å². The third-order valence-corrected chi connectivity index (χ3v) is 3.16. The summed E-state index contributed by atoms with van der Waals surface area (Å²) in [6.45, 7) is 0.557. The van der Waals surface area contributed by atoms with E-state index in [1.807, 2.05) is 0 Å². The van der Waals surface area contributed by atoms with Gasteiger partial charge < -0.3 is 16.2 Å². The molecule has 0 amide bonds. The number of aliphatic hydroxyl groups excluding tert-OH is 1. The minimum absolute atomic E-state index is 0.0191. The zero-order chi connectivity index (χ0) is 15.9. The SMILES string of the molecule is NCC(NCCCCCO)c1ccc(F)cc1C(F)(F)F. The first-order valence-electron chi connectivity index (χ1n) is 6.81. The number of alkyl halides is 3. The molecule has 0 aromatic heterocycles. The minimum atomic E-state index is -4.62. The lowest BCUT2D eigenvalue weighted by molar-refractivity contribution is -0.138. The van der Waals surface area contributed by atoms with E-state index in [1.165, 1.54) is 0 Å². The van der Waals surface area contributed by atoms with E-state index in [-0.39, 0.29) is 18.7 Å². The normalized spacial score (nSPS) is 13.4. The maximum absolute atomic E-state index is 13.1. The summed E-state index contributed by atoms with van der Waals surface area (Å²) in [6.07, 6.45) is -2.47. The molecular weight excluding hydrogens is 288 g/mol. The van der Waals surface area contributed by atoms with Crippen molar-refractivity contribution in [2.75, 3.05) is 19.7 Å². The van der Waals surface area contributed by atoms with Crippen LogP contribution in [0.15, 0.2) is 18.2 Å². The summed E-state index contributed by atoms with van der Waals surface area (Å²) in [5.74, 6) is -0.926. The van der Waals surface area contributed by atoms with Crippen LogP contribution in [-0.2, 0) is 6.18 Å². The standard InChI is InChI=1S/C14H20F4N2O/c15-10-4-5-11(12(8-10)14(16,17)18)13(9-19)20-6-2-1-3-7-21/h4-5,8,13,20-21H,1-3,6-7,9,19H2. The van der Waals surface area contributed by atoms with Crippen LogP contribution in [0.4, 0.5) is 17.6 Å². The van der Waals surface area contributed by atoms with Gasteiger partial charge in [0.05, 0.1) is 5.56 Å². The van der Waals surface area contributed by atoms with Crippen molar-refractivity contribution in [2.24, 2.45) is 5.73 Å². The van der Waals surface area contributed by atoms with E-state index in [2.05, 4.69) is 5.32 Å². The number of hydrogen-bond donors (Lipinski definition) is 3. The average Bonchev–Trinajstić information content (AvgIpc) is 2.42. The Balaban J connectivity index is 2.80. The monoisotopic (exact) mass is 308 g/mol. The van der Waals surface area contributed by atoms with Crippen LogP contribution in [0.25, 0.3) is 0 Å². The molecule has 0 saturated carbocycles. The van der Waals surface area contributed by atoms with Gasteiger partial charge in [-0.05, 0) is 43.5 Å². The van der Waals surface area contributed by atoms with Crippen LogP contribution in [0.1, 0.15) is 36.4 Å². The van der Waals surface area contributed by atoms with Gasteiger partial charge in [0, 0.05) is 19.2 Å². The minimum Gasteiger partial charge on any atom is -0.396 e. The lowest BCUT2D eigenvalue weighted by Crippen LogP contribution is -2.31. The number of nitrogens with two attached hydrogens (primary N) is 1. The number of hydrogen-bond acceptors (Lipinski definition) is 3. The first-order chi connectivity index (χ1) is 9.90. The van der Waals surface area contributed by atoms with E-state index < -0.39 is 23.6 Å². The molecule has 0 aliphatic carbocycles. The highest BCUT2D eigenvalue weighted by Gasteiger charge is 2.35. The molecule has 0 heterocycles. The fourth-order valence-corrected chi connectivity index (χ4v) is 2.09. The summed E-state index contributed by atoms with van der Waals surface area (Å²) < 4.78 is 51.9. The average molecular weight is 308 g/mol. The molecule has 0 aliphatic heterocycles. The molecule has 21 heavy (non-hydrogen) atoms. The molecule has 7 heteroatoms. The molecule has 0 radical (unpaired) electrons. The van der Waals surface area contributed by atoms with Gasteiger partial charge in [-0.2, -0.15) is 13.2 Å². The molecule has 1 unspecified atom stereocenters. The van der Waals surface area contributed by atoms with Gasteiger partial charge in [-0.25, -0.2) is 4.39 Å². The molecule has 4 N–H and O–H groups in total. The lowest BCUT2D eigenvalue weighted by Gasteiger charge is -2.22. The first-order valence-corrected chi connectivity index (χ1v) is 6.81. The fraction of sp³-hybridized carbons (Fsp3) is 0.571. The van der Waals surface area contributed by atoms with Crippen molar-refractivity contribution in [2.45, 2.75) is 31.5 Å². The highest BCUT2D eigenvalue weighted by Crippen LogP contribution is 2.35. The van der Waals surface area contributed by atoms with E-state index in [0.717, 1.165) is 25.0 Å². The van der Waals surface area contributed by atoms with Crippen LogP contribution < -0.4 is 11.1 Å². The zero-order valence-corrected chi connectivity index (χ0v) is 11.6. The van der Waals surface area contributed by atoms with Gasteiger partial charge in [-0.1, -0.05) is 6.07 Å². The van der Waals surface area contributed by atoms with Gasteiger partial charge in [0.15, 0.2) is 0 Å². The van der Waals surface area contributed by atoms with Gasteiger partial charge in [0.1, 0.15) is 5.82 Å². The lowest BCUT2D eigenvalue weighted by atomic mass is 9.99. The molecule has 120 valence electrons. The summed E-state index contributed by atoms with van der Waals surface area (Å²) in [5, 5.41) is 11.6. The summed E-state index contributed by atoms with van der Waals surface area (Å²) in [5.41, 5.74) is 4.49. The molecule has 1 aromatic carbocycles. The van der Waals surface area contributed by atoms with Crippen molar-refractivity contribution < 1.29 is 22.7 Å². The number of nitrogens with one attached hydrogen (secondary N) is 1. The molecule has 1 rings (SSSR count). The van der Waals surface area contributed by atoms with Crippen LogP contribution in [-0.4, -0.2) is 24.8 Å². The Bertz CT molecular complexity index is 437. The van der Waals surface area contributed by atoms with Gasteiger partial charge in [0.25, 0.3) is 0 Å². The van der Waals surface area contributed by atoms with Crippen molar-refractivity contribution in [3.8, 4) is 0 Å². The summed E-state index contributed by atoms with van der Waals surface area (Å²) in [7, 11) is 0. The van der Waals surface area contributed by atoms with Gasteiger partial charge in [-0.15, -0.1) is 0 Å². The highest BCUT2D eigenvalue weighted by atomic mass is 19.4. The molecule has 0 fully saturated rings. The Labute approximate surface area is 121 Å². The van der Waals surface area contributed by atoms with Crippen molar-refractivity contribution in [1.82, 2.24) is 5.32 Å². The first kappa shape index (κ1) is 17.9. The summed E-state index contributed by atoms with van der Waals surface area (Å²) >= 11 is 0. The quantitative estimate of drug-likeness (QED) is 0.511. The Morgan fingerprint density at radius 3 is 2.48 bits per heavy atom. The Kier molecular flexibility index (Phi) is 7.07. The zero-order valence-electron chi connectivity index (χ0n) is 11.6. The number of benzene rings is 1. The van der Waals surface area contributed by atoms with Crippen LogP contribution in [0.3, 0.4) is 0 Å². The van der Waals surface area contributed by atoms with E-state index in [0.29, 0.717) is 19.0 Å². The van der Waals surface area contributed by atoms with Crippen LogP contribution in [0.2, 0.25) is 0 Å². The smallest absolute Gasteiger partial charge is 0.396 e. The van der Waals surface area contributed by atoms with Crippen molar-refractivity contribution in [3.63, 3.8) is 0 Å². The topological polar surface area (TPSA) is 58.3 Å². The predicted molar refractivity (Wildman–Crippen MR) is 72.1 cm³/mol. The molecular formula is C14H20F4N2O. The largest absolute Gasteiger partial charge is 0.416 e. The third-order valence-electron chi connectivity index (χ3n) is 3.16. The molecule has 0 bridgehead atoms. The van der Waals surface area contributed by atoms with Crippen LogP contribution in [0, 0.1) is 5.82 Å². The Hall–Kier alpha value is -1.18. The summed E-state index contributed by atoms with van der Waals surface area (Å²) in [6, 6.07) is 1.93. The van der Waals surface area contributed by atoms with E-state index in [1.54, 1.807) is 0 Å². The van der Waals surface area contributed by atoms with Crippen molar-refractivity contribution >= 4 is 0 Å². The Morgan fingerprint density at radius 2 is 1.90 bits per heavy atom. The molecule has 0 saturated heterocycles. The second-order valence-corrected chi connectivity index (χ2v) is 4.76. The molecule has 1 atom stereocenters. The molecule has 0 aliphatic rings. The highest BCUT2D eigenvalue weighted by molar-refractivity contribution is 5.33. The molecule has 3 nitrogen and oxygen atoms in total. The van der Waals surface area contributed by atoms with Gasteiger partial charge in [0.2, 0.25) is 0 Å². The third kappa shape index (κ3) is 5.61. The van der Waals surface area contributed by atoms with Gasteiger partial charge >= 0.3 is 6.18 Å². The summed E-state index contributed by atoms with van der Waals surface area (Å²) in [4.78, 5) is 0. The van der Waals surface area contributed by atoms with Crippen LogP contribution in [0.5, 0.6) is 0 Å².